The Morgan fingerprint density at radius 3 is 2.06 bits per heavy atom. The van der Waals surface area contributed by atoms with E-state index in [1.54, 1.807) is 21.3 Å². The topological polar surface area (TPSA) is 36.9 Å². The minimum absolute atomic E-state index is 0.235. The Labute approximate surface area is 101 Å². The van der Waals surface area contributed by atoms with Crippen molar-refractivity contribution in [1.82, 2.24) is 0 Å². The van der Waals surface area contributed by atoms with Crippen LogP contribution >= 0.6 is 0 Å². The lowest BCUT2D eigenvalue weighted by molar-refractivity contribution is 0.0542. The van der Waals surface area contributed by atoms with Gasteiger partial charge >= 0.3 is 8.80 Å². The molecular weight excluding hydrogens is 224 g/mol. The lowest BCUT2D eigenvalue weighted by Gasteiger charge is -2.25. The quantitative estimate of drug-likeness (QED) is 0.441. The van der Waals surface area contributed by atoms with Gasteiger partial charge in [0.1, 0.15) is 0 Å². The van der Waals surface area contributed by atoms with E-state index in [0.29, 0.717) is 0 Å². The first kappa shape index (κ1) is 16.1. The van der Waals surface area contributed by atoms with Gasteiger partial charge in [-0.15, -0.1) is 0 Å². The predicted octanol–water partition coefficient (Wildman–Crippen LogP) is 2.46. The summed E-state index contributed by atoms with van der Waals surface area (Å²) in [6.07, 6.45) is 3.43. The van der Waals surface area contributed by atoms with Crippen LogP contribution in [0.5, 0.6) is 0 Å². The second-order valence-corrected chi connectivity index (χ2v) is 6.96. The van der Waals surface area contributed by atoms with Crippen molar-refractivity contribution in [2.75, 3.05) is 27.9 Å². The molecule has 4 nitrogen and oxygen atoms in total. The van der Waals surface area contributed by atoms with E-state index in [-0.39, 0.29) is 6.10 Å². The first-order valence-corrected chi connectivity index (χ1v) is 7.84. The van der Waals surface area contributed by atoms with Crippen LogP contribution in [0.25, 0.3) is 0 Å². The molecule has 0 radical (unpaired) electrons. The minimum Gasteiger partial charge on any atom is -0.379 e. The summed E-state index contributed by atoms with van der Waals surface area (Å²) < 4.78 is 21.7. The van der Waals surface area contributed by atoms with Gasteiger partial charge in [0, 0.05) is 34.0 Å². The Balaban J connectivity index is 3.82. The zero-order chi connectivity index (χ0) is 12.4. The van der Waals surface area contributed by atoms with Crippen molar-refractivity contribution >= 4 is 8.80 Å². The minimum atomic E-state index is -2.41. The van der Waals surface area contributed by atoms with Crippen LogP contribution in [-0.2, 0) is 18.0 Å². The molecule has 0 bridgehead atoms. The Kier molecular flexibility index (Phi) is 9.16. The summed E-state index contributed by atoms with van der Waals surface area (Å²) in [5.74, 6) is 0. The van der Waals surface area contributed by atoms with Gasteiger partial charge < -0.3 is 18.0 Å². The van der Waals surface area contributed by atoms with E-state index in [9.17, 15) is 0 Å². The van der Waals surface area contributed by atoms with Crippen LogP contribution in [0.1, 0.15) is 33.1 Å². The van der Waals surface area contributed by atoms with Crippen molar-refractivity contribution in [2.45, 2.75) is 45.3 Å². The molecule has 0 aliphatic carbocycles. The van der Waals surface area contributed by atoms with Gasteiger partial charge in [-0.2, -0.15) is 0 Å². The van der Waals surface area contributed by atoms with E-state index in [1.807, 2.05) is 0 Å². The zero-order valence-electron chi connectivity index (χ0n) is 11.2. The molecule has 0 saturated carbocycles. The van der Waals surface area contributed by atoms with Gasteiger partial charge in [-0.1, -0.05) is 13.3 Å². The fourth-order valence-corrected chi connectivity index (χ4v) is 3.32. The van der Waals surface area contributed by atoms with Crippen molar-refractivity contribution in [1.29, 1.82) is 0 Å². The van der Waals surface area contributed by atoms with Crippen molar-refractivity contribution in [2.24, 2.45) is 0 Å². The van der Waals surface area contributed by atoms with Gasteiger partial charge in [-0.3, -0.25) is 0 Å². The largest absolute Gasteiger partial charge is 0.500 e. The fourth-order valence-electron chi connectivity index (χ4n) is 1.45. The van der Waals surface area contributed by atoms with Crippen LogP contribution in [0.15, 0.2) is 0 Å². The molecule has 16 heavy (non-hydrogen) atoms. The standard InChI is InChI=1S/C11H26O4Si/c1-6-7-9-15-11(2)8-10-16(12-3,13-4)14-5/h11H,6-10H2,1-5H3. The Bertz CT molecular complexity index is 154. The maximum atomic E-state index is 5.67. The predicted molar refractivity (Wildman–Crippen MR) is 66.5 cm³/mol. The van der Waals surface area contributed by atoms with E-state index in [4.69, 9.17) is 18.0 Å². The SMILES string of the molecule is CCCCOC(C)CC[Si](OC)(OC)OC. The molecule has 0 spiro atoms. The normalized spacial score (nSPS) is 14.1. The fraction of sp³-hybridized carbons (Fsp3) is 1.00. The van der Waals surface area contributed by atoms with Crippen LogP contribution in [0, 0.1) is 0 Å². The van der Waals surface area contributed by atoms with Crippen molar-refractivity contribution in [3.63, 3.8) is 0 Å². The Morgan fingerprint density at radius 2 is 1.62 bits per heavy atom. The monoisotopic (exact) mass is 250 g/mol. The van der Waals surface area contributed by atoms with Crippen molar-refractivity contribution < 1.29 is 18.0 Å². The third kappa shape index (κ3) is 5.96. The average Bonchev–Trinajstić information content (AvgIpc) is 2.32. The molecule has 0 heterocycles. The molecule has 0 saturated heterocycles. The first-order chi connectivity index (χ1) is 7.64. The smallest absolute Gasteiger partial charge is 0.379 e. The third-order valence-electron chi connectivity index (χ3n) is 2.69. The summed E-state index contributed by atoms with van der Waals surface area (Å²) in [5, 5.41) is 0. The van der Waals surface area contributed by atoms with E-state index in [0.717, 1.165) is 25.5 Å². The van der Waals surface area contributed by atoms with Gasteiger partial charge in [0.25, 0.3) is 0 Å². The molecule has 0 aromatic heterocycles. The molecule has 0 aromatic rings. The number of unbranched alkanes of at least 4 members (excludes halogenated alkanes) is 1. The molecule has 0 aliphatic rings. The van der Waals surface area contributed by atoms with E-state index in [1.165, 1.54) is 6.42 Å². The highest BCUT2D eigenvalue weighted by Gasteiger charge is 2.37. The highest BCUT2D eigenvalue weighted by Crippen LogP contribution is 2.17. The van der Waals surface area contributed by atoms with E-state index >= 15 is 0 Å². The lowest BCUT2D eigenvalue weighted by Crippen LogP contribution is -2.43. The maximum absolute atomic E-state index is 5.67. The molecular formula is C11H26O4Si. The lowest BCUT2D eigenvalue weighted by atomic mass is 10.3. The molecule has 1 unspecified atom stereocenters. The van der Waals surface area contributed by atoms with E-state index < -0.39 is 8.80 Å². The van der Waals surface area contributed by atoms with Gasteiger partial charge in [0.05, 0.1) is 6.10 Å². The highest BCUT2D eigenvalue weighted by molar-refractivity contribution is 6.60. The second kappa shape index (κ2) is 9.12. The van der Waals surface area contributed by atoms with Crippen LogP contribution < -0.4 is 0 Å². The van der Waals surface area contributed by atoms with Crippen LogP contribution in [0.3, 0.4) is 0 Å². The number of hydrogen-bond donors (Lipinski definition) is 0. The molecule has 0 aromatic carbocycles. The Morgan fingerprint density at radius 1 is 1.06 bits per heavy atom. The van der Waals surface area contributed by atoms with Gasteiger partial charge in [-0.05, 0) is 19.8 Å². The number of ether oxygens (including phenoxy) is 1. The molecule has 0 fully saturated rings. The molecule has 0 N–H and O–H groups in total. The van der Waals surface area contributed by atoms with Gasteiger partial charge in [0.2, 0.25) is 0 Å². The third-order valence-corrected chi connectivity index (χ3v) is 5.46. The van der Waals surface area contributed by atoms with Crippen LogP contribution in [0.4, 0.5) is 0 Å². The van der Waals surface area contributed by atoms with Crippen LogP contribution in [-0.4, -0.2) is 42.8 Å². The average molecular weight is 250 g/mol. The summed E-state index contributed by atoms with van der Waals surface area (Å²) in [6.45, 7) is 5.07. The number of hydrogen-bond acceptors (Lipinski definition) is 4. The highest BCUT2D eigenvalue weighted by atomic mass is 28.4. The summed E-state index contributed by atoms with van der Waals surface area (Å²) in [6, 6.07) is 0.795. The number of rotatable bonds is 10. The van der Waals surface area contributed by atoms with Crippen molar-refractivity contribution in [3.05, 3.63) is 0 Å². The molecule has 0 aliphatic heterocycles. The summed E-state index contributed by atoms with van der Waals surface area (Å²) >= 11 is 0. The first-order valence-electron chi connectivity index (χ1n) is 5.91. The molecule has 0 amide bonds. The molecule has 1 atom stereocenters. The summed E-state index contributed by atoms with van der Waals surface area (Å²) in [7, 11) is 2.51. The summed E-state index contributed by atoms with van der Waals surface area (Å²) in [5.41, 5.74) is 0. The van der Waals surface area contributed by atoms with Crippen molar-refractivity contribution in [3.8, 4) is 0 Å². The van der Waals surface area contributed by atoms with Gasteiger partial charge in [-0.25, -0.2) is 0 Å². The Hall–Kier alpha value is 0.0569. The van der Waals surface area contributed by atoms with E-state index in [2.05, 4.69) is 13.8 Å². The zero-order valence-corrected chi connectivity index (χ0v) is 12.2. The molecule has 0 rings (SSSR count). The summed E-state index contributed by atoms with van der Waals surface area (Å²) in [4.78, 5) is 0. The second-order valence-electron chi connectivity index (χ2n) is 3.87. The molecule has 5 heteroatoms. The maximum Gasteiger partial charge on any atom is 0.500 e. The van der Waals surface area contributed by atoms with Gasteiger partial charge in [0.15, 0.2) is 0 Å². The van der Waals surface area contributed by atoms with Crippen LogP contribution in [0.2, 0.25) is 6.04 Å². The molecule has 98 valence electrons.